The van der Waals surface area contributed by atoms with Gasteiger partial charge in [0.05, 0.1) is 7.11 Å². The summed E-state index contributed by atoms with van der Waals surface area (Å²) in [6.45, 7) is 1.87. The summed E-state index contributed by atoms with van der Waals surface area (Å²) in [5.74, 6) is -0.331. The van der Waals surface area contributed by atoms with Crippen molar-refractivity contribution in [1.82, 2.24) is 0 Å². The third-order valence-corrected chi connectivity index (χ3v) is 2.31. The number of carbonyl (C=O) groups is 1. The van der Waals surface area contributed by atoms with Crippen LogP contribution < -0.4 is 0 Å². The van der Waals surface area contributed by atoms with E-state index >= 15 is 0 Å². The van der Waals surface area contributed by atoms with E-state index in [9.17, 15) is 4.79 Å². The highest BCUT2D eigenvalue weighted by Gasteiger charge is 1.99. The molecular formula is C11H11BrO2. The Morgan fingerprint density at radius 3 is 2.79 bits per heavy atom. The molecule has 0 radical (unpaired) electrons. The molecule has 0 saturated carbocycles. The first-order chi connectivity index (χ1) is 6.63. The molecule has 74 valence electrons. The molecule has 0 heterocycles. The van der Waals surface area contributed by atoms with E-state index < -0.39 is 0 Å². The van der Waals surface area contributed by atoms with Crippen molar-refractivity contribution in [3.05, 3.63) is 40.4 Å². The van der Waals surface area contributed by atoms with Crippen molar-refractivity contribution in [2.24, 2.45) is 0 Å². The molecule has 2 nitrogen and oxygen atoms in total. The van der Waals surface area contributed by atoms with Gasteiger partial charge in [0.25, 0.3) is 0 Å². The van der Waals surface area contributed by atoms with Crippen molar-refractivity contribution < 1.29 is 9.53 Å². The van der Waals surface area contributed by atoms with Gasteiger partial charge < -0.3 is 4.74 Å². The van der Waals surface area contributed by atoms with Gasteiger partial charge in [0.15, 0.2) is 0 Å². The lowest BCUT2D eigenvalue weighted by atomic mass is 10.1. The van der Waals surface area contributed by atoms with E-state index in [1.165, 1.54) is 13.2 Å². The van der Waals surface area contributed by atoms with Crippen LogP contribution in [0.25, 0.3) is 5.57 Å². The van der Waals surface area contributed by atoms with Crippen molar-refractivity contribution in [2.75, 3.05) is 7.11 Å². The molecule has 1 aromatic rings. The minimum atomic E-state index is -0.331. The van der Waals surface area contributed by atoms with Crippen LogP contribution in [0.5, 0.6) is 0 Å². The molecule has 14 heavy (non-hydrogen) atoms. The van der Waals surface area contributed by atoms with Gasteiger partial charge in [-0.25, -0.2) is 4.79 Å². The van der Waals surface area contributed by atoms with Crippen LogP contribution in [0.4, 0.5) is 0 Å². The Labute approximate surface area is 91.7 Å². The summed E-state index contributed by atoms with van der Waals surface area (Å²) < 4.78 is 5.54. The summed E-state index contributed by atoms with van der Waals surface area (Å²) in [4.78, 5) is 11.0. The first-order valence-corrected chi connectivity index (χ1v) is 4.95. The number of methoxy groups -OCH3 is 1. The summed E-state index contributed by atoms with van der Waals surface area (Å²) in [7, 11) is 1.37. The molecule has 0 unspecified atom stereocenters. The van der Waals surface area contributed by atoms with E-state index in [0.29, 0.717) is 0 Å². The highest BCUT2D eigenvalue weighted by Crippen LogP contribution is 2.18. The number of carbonyl (C=O) groups excluding carboxylic acids is 1. The van der Waals surface area contributed by atoms with Gasteiger partial charge in [0.1, 0.15) is 0 Å². The lowest BCUT2D eigenvalue weighted by Gasteiger charge is -2.01. The van der Waals surface area contributed by atoms with Gasteiger partial charge in [-0.2, -0.15) is 0 Å². The van der Waals surface area contributed by atoms with E-state index in [-0.39, 0.29) is 5.97 Å². The van der Waals surface area contributed by atoms with Crippen LogP contribution in [-0.4, -0.2) is 13.1 Å². The number of hydrogen-bond acceptors (Lipinski definition) is 2. The minimum absolute atomic E-state index is 0.331. The Kier molecular flexibility index (Phi) is 3.89. The number of allylic oxidation sites excluding steroid dienone is 1. The van der Waals surface area contributed by atoms with Gasteiger partial charge in [0.2, 0.25) is 0 Å². The topological polar surface area (TPSA) is 26.3 Å². The molecule has 0 atom stereocenters. The Morgan fingerprint density at radius 1 is 1.50 bits per heavy atom. The summed E-state index contributed by atoms with van der Waals surface area (Å²) in [6.07, 6.45) is 1.47. The van der Waals surface area contributed by atoms with E-state index in [0.717, 1.165) is 15.6 Å². The van der Waals surface area contributed by atoms with Crippen molar-refractivity contribution in [2.45, 2.75) is 6.92 Å². The fourth-order valence-electron chi connectivity index (χ4n) is 1.05. The quantitative estimate of drug-likeness (QED) is 0.599. The number of halogens is 1. The Bertz CT molecular complexity index is 369. The molecule has 0 saturated heterocycles. The standard InChI is InChI=1S/C11H11BrO2/c1-8(6-11(13)14-2)9-4-3-5-10(12)7-9/h3-7H,1-2H3/b8-6-. The zero-order chi connectivity index (χ0) is 10.6. The summed E-state index contributed by atoms with van der Waals surface area (Å²) in [6, 6.07) is 7.76. The molecule has 3 heteroatoms. The van der Waals surface area contributed by atoms with Gasteiger partial charge in [-0.1, -0.05) is 28.1 Å². The number of esters is 1. The van der Waals surface area contributed by atoms with E-state index in [2.05, 4.69) is 20.7 Å². The highest BCUT2D eigenvalue weighted by atomic mass is 79.9. The SMILES string of the molecule is COC(=O)/C=C(/C)c1cccc(Br)c1. The fraction of sp³-hybridized carbons (Fsp3) is 0.182. The van der Waals surface area contributed by atoms with Crippen molar-refractivity contribution >= 4 is 27.5 Å². The molecule has 0 aliphatic heterocycles. The zero-order valence-electron chi connectivity index (χ0n) is 8.08. The molecule has 0 spiro atoms. The first kappa shape index (κ1) is 11.0. The maximum Gasteiger partial charge on any atom is 0.330 e. The predicted molar refractivity (Wildman–Crippen MR) is 59.8 cm³/mol. The molecule has 0 amide bonds. The third kappa shape index (κ3) is 3.00. The Hall–Kier alpha value is -1.09. The maximum atomic E-state index is 11.0. The van der Waals surface area contributed by atoms with E-state index in [4.69, 9.17) is 0 Å². The van der Waals surface area contributed by atoms with Crippen molar-refractivity contribution in [1.29, 1.82) is 0 Å². The third-order valence-electron chi connectivity index (χ3n) is 1.82. The Morgan fingerprint density at radius 2 is 2.21 bits per heavy atom. The fourth-order valence-corrected chi connectivity index (χ4v) is 1.45. The van der Waals surface area contributed by atoms with Crippen molar-refractivity contribution in [3.63, 3.8) is 0 Å². The van der Waals surface area contributed by atoms with Crippen LogP contribution in [0.15, 0.2) is 34.8 Å². The van der Waals surface area contributed by atoms with Crippen LogP contribution in [-0.2, 0) is 9.53 Å². The van der Waals surface area contributed by atoms with Gasteiger partial charge in [-0.05, 0) is 30.2 Å². The van der Waals surface area contributed by atoms with Gasteiger partial charge in [-0.3, -0.25) is 0 Å². The van der Waals surface area contributed by atoms with Crippen molar-refractivity contribution in [3.8, 4) is 0 Å². The summed E-state index contributed by atoms with van der Waals surface area (Å²) in [5, 5.41) is 0. The van der Waals surface area contributed by atoms with Crippen LogP contribution in [0.1, 0.15) is 12.5 Å². The Balaban J connectivity index is 2.94. The molecule has 0 aromatic heterocycles. The maximum absolute atomic E-state index is 11.0. The minimum Gasteiger partial charge on any atom is -0.466 e. The first-order valence-electron chi connectivity index (χ1n) is 4.15. The number of ether oxygens (including phenoxy) is 1. The van der Waals surface area contributed by atoms with Gasteiger partial charge in [0, 0.05) is 10.5 Å². The summed E-state index contributed by atoms with van der Waals surface area (Å²) in [5.41, 5.74) is 1.89. The summed E-state index contributed by atoms with van der Waals surface area (Å²) >= 11 is 3.37. The lowest BCUT2D eigenvalue weighted by Crippen LogP contribution is -1.95. The number of rotatable bonds is 2. The molecule has 1 rings (SSSR count). The normalized spacial score (nSPS) is 11.2. The van der Waals surface area contributed by atoms with Gasteiger partial charge >= 0.3 is 5.97 Å². The molecule has 0 aliphatic carbocycles. The average molecular weight is 255 g/mol. The highest BCUT2D eigenvalue weighted by molar-refractivity contribution is 9.10. The molecule has 0 bridgehead atoms. The zero-order valence-corrected chi connectivity index (χ0v) is 9.67. The van der Waals surface area contributed by atoms with Crippen LogP contribution >= 0.6 is 15.9 Å². The molecular weight excluding hydrogens is 244 g/mol. The lowest BCUT2D eigenvalue weighted by molar-refractivity contribution is -0.134. The van der Waals surface area contributed by atoms with E-state index in [1.807, 2.05) is 31.2 Å². The van der Waals surface area contributed by atoms with Crippen LogP contribution in [0.2, 0.25) is 0 Å². The molecule has 1 aromatic carbocycles. The number of benzene rings is 1. The van der Waals surface area contributed by atoms with Gasteiger partial charge in [-0.15, -0.1) is 0 Å². The van der Waals surface area contributed by atoms with Crippen LogP contribution in [0, 0.1) is 0 Å². The largest absolute Gasteiger partial charge is 0.466 e. The predicted octanol–water partition coefficient (Wildman–Crippen LogP) is 3.03. The monoisotopic (exact) mass is 254 g/mol. The molecule has 0 fully saturated rings. The average Bonchev–Trinajstić information content (AvgIpc) is 2.17. The molecule has 0 N–H and O–H groups in total. The second kappa shape index (κ2) is 4.96. The molecule has 0 aliphatic rings. The number of hydrogen-bond donors (Lipinski definition) is 0. The van der Waals surface area contributed by atoms with E-state index in [1.54, 1.807) is 0 Å². The second-order valence-electron chi connectivity index (χ2n) is 2.86. The second-order valence-corrected chi connectivity index (χ2v) is 3.78. The smallest absolute Gasteiger partial charge is 0.330 e. The van der Waals surface area contributed by atoms with Crippen LogP contribution in [0.3, 0.4) is 0 Å².